The molecule has 0 spiro atoms. The number of amides is 3. The van der Waals surface area contributed by atoms with Crippen molar-refractivity contribution in [3.8, 4) is 5.75 Å². The highest BCUT2D eigenvalue weighted by Crippen LogP contribution is 2.50. The fraction of sp³-hybridized carbons (Fsp3) is 0.641. The number of nitrogens with one attached hydrogen (secondary N) is 1. The fourth-order valence-electron chi connectivity index (χ4n) is 7.24. The lowest BCUT2D eigenvalue weighted by atomic mass is 9.81. The largest absolute Gasteiger partial charge is 0.495 e. The maximum atomic E-state index is 14.5. The molecule has 54 heavy (non-hydrogen) atoms. The number of carbonyl (C=O) groups is 4. The van der Waals surface area contributed by atoms with Crippen molar-refractivity contribution >= 4 is 53.8 Å². The third-order valence-electron chi connectivity index (χ3n) is 10.8. The number of aliphatic hydroxyl groups is 1. The summed E-state index contributed by atoms with van der Waals surface area (Å²) >= 11 is 11.3. The van der Waals surface area contributed by atoms with Gasteiger partial charge in [0.1, 0.15) is 40.7 Å². The molecule has 3 heterocycles. The van der Waals surface area contributed by atoms with E-state index in [1.807, 2.05) is 26.8 Å². The van der Waals surface area contributed by atoms with E-state index in [4.69, 9.17) is 35.3 Å². The zero-order valence-corrected chi connectivity index (χ0v) is 34.7. The third kappa shape index (κ3) is 9.55. The van der Waals surface area contributed by atoms with Gasteiger partial charge in [0.05, 0.1) is 24.8 Å². The number of rotatable bonds is 8. The number of likely N-dealkylation sites (N-methyl/N-ethyl adjacent to an activating group) is 1. The van der Waals surface area contributed by atoms with E-state index in [0.29, 0.717) is 24.3 Å². The van der Waals surface area contributed by atoms with Crippen LogP contribution >= 0.6 is 24.2 Å². The van der Waals surface area contributed by atoms with Crippen molar-refractivity contribution in [3.05, 3.63) is 46.5 Å². The van der Waals surface area contributed by atoms with E-state index in [-0.39, 0.29) is 28.5 Å². The molecule has 0 saturated carbocycles. The highest BCUT2D eigenvalue weighted by atomic mass is 35.5. The number of esters is 1. The molecule has 15 heteroatoms. The van der Waals surface area contributed by atoms with Gasteiger partial charge < -0.3 is 38.6 Å². The molecule has 300 valence electrons. The van der Waals surface area contributed by atoms with Gasteiger partial charge in [0.25, 0.3) is 0 Å². The molecule has 2 saturated heterocycles. The Morgan fingerprint density at radius 2 is 1.91 bits per heavy atom. The van der Waals surface area contributed by atoms with Gasteiger partial charge in [0.2, 0.25) is 11.8 Å². The average molecular weight is 794 g/mol. The quantitative estimate of drug-likeness (QED) is 0.181. The van der Waals surface area contributed by atoms with E-state index in [1.54, 1.807) is 59.0 Å². The number of benzene rings is 1. The second-order valence-electron chi connectivity index (χ2n) is 15.7. The predicted molar refractivity (Wildman–Crippen MR) is 208 cm³/mol. The van der Waals surface area contributed by atoms with E-state index < -0.39 is 71.6 Å². The van der Waals surface area contributed by atoms with Crippen LogP contribution in [-0.2, 0) is 39.8 Å². The normalized spacial score (nSPS) is 32.6. The Morgan fingerprint density at radius 3 is 2.52 bits per heavy atom. The minimum atomic E-state index is -1.83. The minimum absolute atomic E-state index is 0.0553. The van der Waals surface area contributed by atoms with Crippen molar-refractivity contribution in [2.75, 3.05) is 33.2 Å². The smallest absolute Gasteiger partial charge is 0.409 e. The van der Waals surface area contributed by atoms with Gasteiger partial charge >= 0.3 is 12.1 Å². The number of fused-ring (bicyclic) bond motifs is 5. The molecule has 13 nitrogen and oxygen atoms in total. The van der Waals surface area contributed by atoms with Crippen LogP contribution < -0.4 is 15.0 Å². The van der Waals surface area contributed by atoms with Crippen LogP contribution in [0.15, 0.2) is 35.9 Å². The molecule has 3 amide bonds. The number of allylic oxidation sites excluding steroid dienone is 3. The summed E-state index contributed by atoms with van der Waals surface area (Å²) in [7, 11) is 6.04. The average Bonchev–Trinajstić information content (AvgIpc) is 3.80. The molecule has 4 bridgehead atoms. The molecule has 0 aromatic heterocycles. The predicted octanol–water partition coefficient (Wildman–Crippen LogP) is 5.25. The molecule has 9 atom stereocenters. The van der Waals surface area contributed by atoms with Gasteiger partial charge in [-0.15, -0.1) is 0 Å². The molecule has 2 N–H and O–H groups in total. The maximum Gasteiger partial charge on any atom is 0.409 e. The Morgan fingerprint density at radius 1 is 1.24 bits per heavy atom. The molecule has 1 aromatic carbocycles. The van der Waals surface area contributed by atoms with Crippen molar-refractivity contribution in [2.45, 2.75) is 121 Å². The van der Waals surface area contributed by atoms with Crippen molar-refractivity contribution in [1.29, 1.82) is 0 Å². The summed E-state index contributed by atoms with van der Waals surface area (Å²) in [6.45, 7) is 12.5. The lowest BCUT2D eigenvalue weighted by Crippen LogP contribution is -2.63. The molecular weight excluding hydrogens is 738 g/mol. The number of nitrogens with zero attached hydrogens (tertiary/aromatic N) is 2. The highest BCUT2D eigenvalue weighted by Gasteiger charge is 2.66. The molecule has 2 unspecified atom stereocenters. The number of ether oxygens (including phenoxy) is 5. The second kappa shape index (κ2) is 16.8. The first kappa shape index (κ1) is 43.4. The zero-order chi connectivity index (χ0) is 40.5. The monoisotopic (exact) mass is 793 g/mol. The molecule has 4 rings (SSSR count). The van der Waals surface area contributed by atoms with Crippen molar-refractivity contribution in [2.24, 2.45) is 11.8 Å². The summed E-state index contributed by atoms with van der Waals surface area (Å²) < 4.78 is 29.1. The van der Waals surface area contributed by atoms with Crippen molar-refractivity contribution in [1.82, 2.24) is 10.2 Å². The molecular formula is C39H56ClN3O10S. The van der Waals surface area contributed by atoms with Gasteiger partial charge in [-0.1, -0.05) is 56.2 Å². The summed E-state index contributed by atoms with van der Waals surface area (Å²) in [5.41, 5.74) is -0.958. The Hall–Kier alpha value is -3.30. The van der Waals surface area contributed by atoms with E-state index in [2.05, 4.69) is 17.9 Å². The molecule has 2 fully saturated rings. The summed E-state index contributed by atoms with van der Waals surface area (Å²) in [6, 6.07) is 2.60. The first-order valence-corrected chi connectivity index (χ1v) is 19.0. The number of anilines is 1. The summed E-state index contributed by atoms with van der Waals surface area (Å²) in [6.07, 6.45) is 1.85. The summed E-state index contributed by atoms with van der Waals surface area (Å²) in [5, 5.41) is 14.5. The first-order chi connectivity index (χ1) is 25.1. The van der Waals surface area contributed by atoms with Crippen LogP contribution in [-0.4, -0.2) is 109 Å². The van der Waals surface area contributed by atoms with Crippen LogP contribution in [0.4, 0.5) is 10.5 Å². The molecule has 3 aliphatic rings. The fourth-order valence-corrected chi connectivity index (χ4v) is 7.66. The van der Waals surface area contributed by atoms with Gasteiger partial charge in [-0.3, -0.25) is 14.9 Å². The number of carbonyl (C=O) groups excluding carboxylic acids is 4. The van der Waals surface area contributed by atoms with Crippen LogP contribution in [0.1, 0.15) is 73.3 Å². The number of epoxide rings is 1. The zero-order valence-electron chi connectivity index (χ0n) is 33.1. The van der Waals surface area contributed by atoms with Crippen LogP contribution in [0, 0.1) is 11.8 Å². The number of hydrogen-bond acceptors (Lipinski definition) is 11. The van der Waals surface area contributed by atoms with Crippen LogP contribution in [0.3, 0.4) is 0 Å². The van der Waals surface area contributed by atoms with Gasteiger partial charge in [-0.2, -0.15) is 12.6 Å². The first-order valence-electron chi connectivity index (χ1n) is 18.1. The standard InChI is InChI=1S/C39H56ClN3O10S/c1-21-13-12-14-29(50-11)39(48)20-28(51-36(47)41-39)22(2)33-38(7,53-33)32(52-35(46)24(4)42(8)30(44)15-16-37(5,6)54)23(3)34(45)43(9)26-18-25(17-21)19-27(49-10)31(26)40/h12-14,18-19,22-24,28-29,32-33,48,54H,15-17,20H2,1-11H3,(H,41,47)/b14-12+,21-13+/t22-,23?,24+,28?,29-,32+,33+,38+,39+/m1/s1. The van der Waals surface area contributed by atoms with Gasteiger partial charge in [-0.25, -0.2) is 9.59 Å². The lowest BCUT2D eigenvalue weighted by Gasteiger charge is -2.42. The third-order valence-corrected chi connectivity index (χ3v) is 11.4. The lowest BCUT2D eigenvalue weighted by molar-refractivity contribution is -0.165. The van der Waals surface area contributed by atoms with Crippen molar-refractivity contribution < 1.29 is 48.0 Å². The SMILES string of the molecule is COc1cc2cc(c1Cl)N(C)C(=O)C(C)[C@H](OC(=O)[C@H](C)N(C)C(=O)CCC(C)(C)S)[C@]1(C)O[C@H]1[C@H](C)C1C[C@@](O)(NC(=O)O1)[C@H](OC)/C=C/C=C(\C)C2. The number of thiol groups is 1. The molecule has 0 radical (unpaired) electrons. The number of methoxy groups -OCH3 is 2. The Labute approximate surface area is 329 Å². The Bertz CT molecular complexity index is 1660. The topological polar surface area (TPSA) is 156 Å². The van der Waals surface area contributed by atoms with E-state index >= 15 is 0 Å². The second-order valence-corrected chi connectivity index (χ2v) is 17.3. The summed E-state index contributed by atoms with van der Waals surface area (Å²) in [5.74, 6) is -2.59. The van der Waals surface area contributed by atoms with Crippen molar-refractivity contribution in [3.63, 3.8) is 0 Å². The number of hydrogen-bond donors (Lipinski definition) is 3. The maximum absolute atomic E-state index is 14.5. The van der Waals surface area contributed by atoms with E-state index in [1.165, 1.54) is 31.1 Å². The number of alkyl carbamates (subject to hydrolysis) is 1. The van der Waals surface area contributed by atoms with Gasteiger partial charge in [0, 0.05) is 44.7 Å². The van der Waals surface area contributed by atoms with Crippen LogP contribution in [0.5, 0.6) is 5.75 Å². The van der Waals surface area contributed by atoms with Gasteiger partial charge in [-0.05, 0) is 58.2 Å². The molecule has 1 aromatic rings. The highest BCUT2D eigenvalue weighted by molar-refractivity contribution is 7.81. The van der Waals surface area contributed by atoms with E-state index in [0.717, 1.165) is 11.1 Å². The summed E-state index contributed by atoms with van der Waals surface area (Å²) in [4.78, 5) is 57.1. The molecule has 0 aliphatic carbocycles. The number of halogens is 1. The molecule has 3 aliphatic heterocycles. The Kier molecular flexibility index (Phi) is 13.5. The van der Waals surface area contributed by atoms with Crippen LogP contribution in [0.2, 0.25) is 5.02 Å². The Balaban J connectivity index is 1.78. The van der Waals surface area contributed by atoms with E-state index in [9.17, 15) is 24.3 Å². The minimum Gasteiger partial charge on any atom is -0.495 e. The van der Waals surface area contributed by atoms with Gasteiger partial charge in [0.15, 0.2) is 5.72 Å². The van der Waals surface area contributed by atoms with Crippen LogP contribution in [0.25, 0.3) is 0 Å².